The number of hydrogen-bond donors (Lipinski definition) is 0. The van der Waals surface area contributed by atoms with Crippen molar-refractivity contribution in [2.75, 3.05) is 4.90 Å². The lowest BCUT2D eigenvalue weighted by Gasteiger charge is -2.28. The second-order valence-electron chi connectivity index (χ2n) is 11.0. The molecule has 0 saturated carbocycles. The normalized spacial score (nSPS) is 11.2. The maximum atomic E-state index is 2.37. The minimum Gasteiger partial charge on any atom is -0.310 e. The molecule has 0 aliphatic heterocycles. The molecule has 1 heterocycles. The number of fused-ring (bicyclic) bond motifs is 3. The summed E-state index contributed by atoms with van der Waals surface area (Å²) in [6.07, 6.45) is 0. The molecule has 0 amide bonds. The van der Waals surface area contributed by atoms with Crippen molar-refractivity contribution in [1.29, 1.82) is 0 Å². The molecule has 8 rings (SSSR count). The Morgan fingerprint density at radius 1 is 0.364 bits per heavy atom. The Morgan fingerprint density at radius 3 is 1.61 bits per heavy atom. The lowest BCUT2D eigenvalue weighted by molar-refractivity contribution is 1.18. The van der Waals surface area contributed by atoms with Crippen LogP contribution in [0.15, 0.2) is 182 Å². The molecule has 44 heavy (non-hydrogen) atoms. The minimum absolute atomic E-state index is 1.12. The molecule has 0 N–H and O–H groups in total. The third-order valence-corrected chi connectivity index (χ3v) is 8.39. The van der Waals surface area contributed by atoms with E-state index < -0.39 is 0 Å². The summed E-state index contributed by atoms with van der Waals surface area (Å²) in [5, 5.41) is 2.54. The number of aromatic nitrogens is 1. The van der Waals surface area contributed by atoms with Crippen molar-refractivity contribution in [2.45, 2.75) is 0 Å². The summed E-state index contributed by atoms with van der Waals surface area (Å²) in [5.41, 5.74) is 11.7. The van der Waals surface area contributed by atoms with Crippen LogP contribution in [0.2, 0.25) is 0 Å². The molecular weight excluding hydrogens is 532 g/mol. The van der Waals surface area contributed by atoms with E-state index in [4.69, 9.17) is 0 Å². The fourth-order valence-electron chi connectivity index (χ4n) is 6.36. The van der Waals surface area contributed by atoms with Gasteiger partial charge in [-0.1, -0.05) is 127 Å². The van der Waals surface area contributed by atoms with E-state index in [9.17, 15) is 0 Å². The average molecular weight is 563 g/mol. The molecule has 2 nitrogen and oxygen atoms in total. The summed E-state index contributed by atoms with van der Waals surface area (Å²) in [6, 6.07) is 65.0. The van der Waals surface area contributed by atoms with Gasteiger partial charge in [-0.15, -0.1) is 0 Å². The van der Waals surface area contributed by atoms with E-state index in [1.54, 1.807) is 0 Å². The zero-order valence-electron chi connectivity index (χ0n) is 24.2. The van der Waals surface area contributed by atoms with Crippen molar-refractivity contribution >= 4 is 38.9 Å². The maximum Gasteiger partial charge on any atom is 0.0541 e. The number of nitrogens with zero attached hydrogens (tertiary/aromatic N) is 2. The lowest BCUT2D eigenvalue weighted by Crippen LogP contribution is -2.11. The first-order chi connectivity index (χ1) is 21.8. The Kier molecular flexibility index (Phi) is 6.51. The van der Waals surface area contributed by atoms with E-state index in [0.29, 0.717) is 0 Å². The van der Waals surface area contributed by atoms with Crippen LogP contribution >= 0.6 is 0 Å². The van der Waals surface area contributed by atoms with Crippen LogP contribution in [0, 0.1) is 0 Å². The second kappa shape index (κ2) is 11.1. The zero-order valence-corrected chi connectivity index (χ0v) is 24.2. The predicted octanol–water partition coefficient (Wildman–Crippen LogP) is 11.6. The molecule has 1 aromatic heterocycles. The van der Waals surface area contributed by atoms with Gasteiger partial charge < -0.3 is 9.47 Å². The van der Waals surface area contributed by atoms with Gasteiger partial charge in [0.25, 0.3) is 0 Å². The third-order valence-electron chi connectivity index (χ3n) is 8.39. The van der Waals surface area contributed by atoms with E-state index in [2.05, 4.69) is 191 Å². The van der Waals surface area contributed by atoms with E-state index >= 15 is 0 Å². The first kappa shape index (κ1) is 25.8. The summed E-state index contributed by atoms with van der Waals surface area (Å²) in [5.74, 6) is 0. The Labute approximate surface area is 257 Å². The molecule has 0 bridgehead atoms. The standard InChI is InChI=1S/C42H30N2/c1-3-14-31(15-4-1)33-16-13-19-36(30-33)43(34-17-5-2-6-18-34)40-23-10-7-20-37(40)32-26-28-35(29-27-32)44-41-24-11-8-21-38(41)39-22-9-12-25-42(39)44/h1-30H. The molecule has 0 saturated heterocycles. The number of rotatable bonds is 6. The molecule has 0 radical (unpaired) electrons. The van der Waals surface area contributed by atoms with Crippen LogP contribution in [0.3, 0.4) is 0 Å². The van der Waals surface area contributed by atoms with Gasteiger partial charge in [-0.25, -0.2) is 0 Å². The SMILES string of the molecule is c1ccc(-c2cccc(N(c3ccccc3)c3ccccc3-c3ccc(-n4c5ccccc5c5ccccc54)cc3)c2)cc1. The van der Waals surface area contributed by atoms with Crippen LogP contribution in [-0.4, -0.2) is 4.57 Å². The number of para-hydroxylation sites is 4. The van der Waals surface area contributed by atoms with Crippen LogP contribution in [0.25, 0.3) is 49.7 Å². The fraction of sp³-hybridized carbons (Fsp3) is 0. The predicted molar refractivity (Wildman–Crippen MR) is 186 cm³/mol. The second-order valence-corrected chi connectivity index (χ2v) is 11.0. The summed E-state index contributed by atoms with van der Waals surface area (Å²) in [7, 11) is 0. The third kappa shape index (κ3) is 4.54. The fourth-order valence-corrected chi connectivity index (χ4v) is 6.36. The lowest BCUT2D eigenvalue weighted by atomic mass is 10.0. The highest BCUT2D eigenvalue weighted by molar-refractivity contribution is 6.09. The van der Waals surface area contributed by atoms with Gasteiger partial charge in [-0.3, -0.25) is 0 Å². The van der Waals surface area contributed by atoms with Gasteiger partial charge >= 0.3 is 0 Å². The van der Waals surface area contributed by atoms with Crippen LogP contribution in [0.1, 0.15) is 0 Å². The van der Waals surface area contributed by atoms with Crippen LogP contribution < -0.4 is 4.90 Å². The Hall–Kier alpha value is -5.86. The Balaban J connectivity index is 1.25. The van der Waals surface area contributed by atoms with Gasteiger partial charge in [0.2, 0.25) is 0 Å². The van der Waals surface area contributed by atoms with Crippen LogP contribution in [-0.2, 0) is 0 Å². The highest BCUT2D eigenvalue weighted by Crippen LogP contribution is 2.42. The van der Waals surface area contributed by atoms with Gasteiger partial charge in [0.15, 0.2) is 0 Å². The van der Waals surface area contributed by atoms with Gasteiger partial charge in [0.05, 0.1) is 16.7 Å². The molecule has 2 heteroatoms. The molecule has 7 aromatic carbocycles. The number of anilines is 3. The number of hydrogen-bond acceptors (Lipinski definition) is 1. The van der Waals surface area contributed by atoms with Gasteiger partial charge in [0.1, 0.15) is 0 Å². The average Bonchev–Trinajstić information content (AvgIpc) is 3.44. The van der Waals surface area contributed by atoms with Crippen molar-refractivity contribution < 1.29 is 0 Å². The molecule has 208 valence electrons. The van der Waals surface area contributed by atoms with Gasteiger partial charge in [0, 0.05) is 33.4 Å². The molecule has 0 aliphatic rings. The van der Waals surface area contributed by atoms with Crippen molar-refractivity contribution in [2.24, 2.45) is 0 Å². The summed E-state index contributed by atoms with van der Waals surface area (Å²) >= 11 is 0. The molecule has 0 unspecified atom stereocenters. The number of benzene rings is 7. The van der Waals surface area contributed by atoms with Gasteiger partial charge in [-0.2, -0.15) is 0 Å². The van der Waals surface area contributed by atoms with Crippen molar-refractivity contribution in [3.63, 3.8) is 0 Å². The van der Waals surface area contributed by atoms with Crippen molar-refractivity contribution in [1.82, 2.24) is 4.57 Å². The highest BCUT2D eigenvalue weighted by atomic mass is 15.1. The maximum absolute atomic E-state index is 2.37. The van der Waals surface area contributed by atoms with E-state index in [1.807, 2.05) is 0 Å². The first-order valence-electron chi connectivity index (χ1n) is 15.0. The largest absolute Gasteiger partial charge is 0.310 e. The van der Waals surface area contributed by atoms with E-state index in [1.165, 1.54) is 44.1 Å². The van der Waals surface area contributed by atoms with Crippen molar-refractivity contribution in [3.05, 3.63) is 182 Å². The van der Waals surface area contributed by atoms with Crippen molar-refractivity contribution in [3.8, 4) is 27.9 Å². The minimum atomic E-state index is 1.12. The van der Waals surface area contributed by atoms with Crippen LogP contribution in [0.4, 0.5) is 17.1 Å². The van der Waals surface area contributed by atoms with Gasteiger partial charge in [-0.05, 0) is 71.3 Å². The quantitative estimate of drug-likeness (QED) is 0.196. The molecule has 0 fully saturated rings. The Bertz CT molecular complexity index is 2160. The monoisotopic (exact) mass is 562 g/mol. The summed E-state index contributed by atoms with van der Waals surface area (Å²) in [4.78, 5) is 2.36. The smallest absolute Gasteiger partial charge is 0.0541 e. The summed E-state index contributed by atoms with van der Waals surface area (Å²) in [6.45, 7) is 0. The Morgan fingerprint density at radius 2 is 0.909 bits per heavy atom. The molecule has 0 spiro atoms. The van der Waals surface area contributed by atoms with E-state index in [-0.39, 0.29) is 0 Å². The molecule has 0 aliphatic carbocycles. The summed E-state index contributed by atoms with van der Waals surface area (Å²) < 4.78 is 2.37. The van der Waals surface area contributed by atoms with E-state index in [0.717, 1.165) is 22.7 Å². The first-order valence-corrected chi connectivity index (χ1v) is 15.0. The molecule has 8 aromatic rings. The molecule has 0 atom stereocenters. The highest BCUT2D eigenvalue weighted by Gasteiger charge is 2.18. The zero-order chi connectivity index (χ0) is 29.3. The topological polar surface area (TPSA) is 8.17 Å². The molecular formula is C42H30N2. The van der Waals surface area contributed by atoms with Crippen LogP contribution in [0.5, 0.6) is 0 Å².